The van der Waals surface area contributed by atoms with Crippen LogP contribution in [0, 0.1) is 0 Å². The summed E-state index contributed by atoms with van der Waals surface area (Å²) in [6.07, 6.45) is 3.03. The van der Waals surface area contributed by atoms with E-state index in [-0.39, 0.29) is 21.4 Å². The summed E-state index contributed by atoms with van der Waals surface area (Å²) in [5.74, 6) is -0.339. The van der Waals surface area contributed by atoms with Crippen LogP contribution in [0.5, 0.6) is 0 Å². The van der Waals surface area contributed by atoms with Crippen LogP contribution in [0.25, 0.3) is 0 Å². The summed E-state index contributed by atoms with van der Waals surface area (Å²) in [5.41, 5.74) is 1.55. The van der Waals surface area contributed by atoms with E-state index in [1.54, 1.807) is 29.2 Å². The third kappa shape index (κ3) is 4.08. The largest absolute Gasteiger partial charge is 0.322 e. The topological polar surface area (TPSA) is 86.8 Å². The summed E-state index contributed by atoms with van der Waals surface area (Å²) in [6, 6.07) is 11.3. The van der Waals surface area contributed by atoms with Crippen LogP contribution in [0.4, 0.5) is 11.4 Å². The fourth-order valence-corrected chi connectivity index (χ4v) is 5.78. The Labute approximate surface area is 180 Å². The number of rotatable bonds is 5. The maximum Gasteiger partial charge on any atom is 0.255 e. The number of amides is 2. The number of carbonyl (C=O) groups is 2. The first-order valence-corrected chi connectivity index (χ1v) is 11.7. The second-order valence-electron chi connectivity index (χ2n) is 7.41. The zero-order chi connectivity index (χ0) is 21.3. The molecule has 2 amide bonds. The van der Waals surface area contributed by atoms with E-state index in [2.05, 4.69) is 5.32 Å². The Bertz CT molecular complexity index is 1080. The Balaban J connectivity index is 1.52. The Kier molecular flexibility index (Phi) is 5.81. The van der Waals surface area contributed by atoms with E-state index < -0.39 is 15.9 Å². The molecule has 0 saturated carbocycles. The molecule has 1 N–H and O–H groups in total. The van der Waals surface area contributed by atoms with E-state index in [1.807, 2.05) is 0 Å². The third-order valence-electron chi connectivity index (χ3n) is 5.39. The van der Waals surface area contributed by atoms with Crippen molar-refractivity contribution in [3.63, 3.8) is 0 Å². The lowest BCUT2D eigenvalue weighted by Gasteiger charge is -2.17. The lowest BCUT2D eigenvalue weighted by Crippen LogP contribution is -2.28. The van der Waals surface area contributed by atoms with Crippen molar-refractivity contribution in [2.45, 2.75) is 30.6 Å². The average Bonchev–Trinajstić information content (AvgIpc) is 3.41. The number of hydrogen-bond donors (Lipinski definition) is 1. The summed E-state index contributed by atoms with van der Waals surface area (Å²) < 4.78 is 27.1. The van der Waals surface area contributed by atoms with Gasteiger partial charge < -0.3 is 10.2 Å². The second kappa shape index (κ2) is 8.37. The first-order valence-electron chi connectivity index (χ1n) is 9.88. The Morgan fingerprint density at radius 2 is 1.67 bits per heavy atom. The summed E-state index contributed by atoms with van der Waals surface area (Å²) in [4.78, 5) is 26.2. The molecule has 30 heavy (non-hydrogen) atoms. The van der Waals surface area contributed by atoms with Crippen LogP contribution in [-0.4, -0.2) is 44.2 Å². The number of halogens is 1. The minimum absolute atomic E-state index is 0.0541. The molecule has 2 aliphatic heterocycles. The molecule has 9 heteroatoms. The number of benzene rings is 2. The number of nitrogens with one attached hydrogen (secondary N) is 1. The van der Waals surface area contributed by atoms with Crippen LogP contribution in [0.3, 0.4) is 0 Å². The van der Waals surface area contributed by atoms with Gasteiger partial charge in [-0.05, 0) is 61.7 Å². The lowest BCUT2D eigenvalue weighted by molar-refractivity contribution is -0.117. The van der Waals surface area contributed by atoms with Gasteiger partial charge in [0.2, 0.25) is 15.9 Å². The normalized spacial score (nSPS) is 17.5. The first kappa shape index (κ1) is 20.8. The second-order valence-corrected chi connectivity index (χ2v) is 9.72. The van der Waals surface area contributed by atoms with Crippen molar-refractivity contribution in [1.82, 2.24) is 4.31 Å². The van der Waals surface area contributed by atoms with Gasteiger partial charge in [0.1, 0.15) is 4.90 Å². The Hall–Kier alpha value is -2.42. The van der Waals surface area contributed by atoms with Crippen LogP contribution in [0.1, 0.15) is 36.0 Å². The van der Waals surface area contributed by atoms with Crippen LogP contribution in [0.2, 0.25) is 5.02 Å². The van der Waals surface area contributed by atoms with Crippen molar-refractivity contribution in [3.8, 4) is 0 Å². The third-order valence-corrected chi connectivity index (χ3v) is 7.77. The highest BCUT2D eigenvalue weighted by Gasteiger charge is 2.30. The van der Waals surface area contributed by atoms with Crippen LogP contribution in [0.15, 0.2) is 47.4 Å². The molecule has 0 aromatic heterocycles. The van der Waals surface area contributed by atoms with Crippen LogP contribution >= 0.6 is 11.6 Å². The highest BCUT2D eigenvalue weighted by molar-refractivity contribution is 7.89. The predicted molar refractivity (Wildman–Crippen MR) is 115 cm³/mol. The molecule has 7 nitrogen and oxygen atoms in total. The van der Waals surface area contributed by atoms with Crippen molar-refractivity contribution in [3.05, 3.63) is 53.1 Å². The summed E-state index contributed by atoms with van der Waals surface area (Å²) in [7, 11) is -3.73. The minimum atomic E-state index is -3.73. The van der Waals surface area contributed by atoms with E-state index in [1.165, 1.54) is 22.5 Å². The standard InChI is InChI=1S/C21H22ClN3O4S/c22-18-10-5-15(14-19(18)30(28,29)24-11-1-2-12-24)21(27)23-16-6-8-17(9-7-16)25-13-3-4-20(25)26/h5-10,14H,1-4,11-13H2,(H,23,27). The molecule has 0 atom stereocenters. The van der Waals surface area contributed by atoms with Crippen molar-refractivity contribution >= 4 is 44.8 Å². The predicted octanol–water partition coefficient (Wildman–Crippen LogP) is 3.50. The number of anilines is 2. The number of nitrogens with zero attached hydrogens (tertiary/aromatic N) is 2. The SMILES string of the molecule is O=C(Nc1ccc(N2CCCC2=O)cc1)c1ccc(Cl)c(S(=O)(=O)N2CCCC2)c1. The molecule has 0 radical (unpaired) electrons. The molecule has 4 rings (SSSR count). The molecule has 0 unspecified atom stereocenters. The zero-order valence-electron chi connectivity index (χ0n) is 16.3. The Morgan fingerprint density at radius 3 is 2.30 bits per heavy atom. The maximum absolute atomic E-state index is 12.9. The molecule has 2 aliphatic rings. The van der Waals surface area contributed by atoms with E-state index in [4.69, 9.17) is 11.6 Å². The molecule has 0 spiro atoms. The van der Waals surface area contributed by atoms with Crippen molar-refractivity contribution < 1.29 is 18.0 Å². The van der Waals surface area contributed by atoms with Gasteiger partial charge in [-0.1, -0.05) is 11.6 Å². The fourth-order valence-electron chi connectivity index (χ4n) is 3.76. The molecular weight excluding hydrogens is 426 g/mol. The number of sulfonamides is 1. The summed E-state index contributed by atoms with van der Waals surface area (Å²) in [6.45, 7) is 1.62. The molecule has 158 valence electrons. The maximum atomic E-state index is 12.9. The number of hydrogen-bond acceptors (Lipinski definition) is 4. The zero-order valence-corrected chi connectivity index (χ0v) is 17.9. The smallest absolute Gasteiger partial charge is 0.255 e. The van der Waals surface area contributed by atoms with E-state index in [0.717, 1.165) is 24.9 Å². The van der Waals surface area contributed by atoms with Gasteiger partial charge in [-0.15, -0.1) is 0 Å². The van der Waals surface area contributed by atoms with E-state index in [0.29, 0.717) is 31.7 Å². The van der Waals surface area contributed by atoms with Crippen LogP contribution in [-0.2, 0) is 14.8 Å². The monoisotopic (exact) mass is 447 g/mol. The fraction of sp³-hybridized carbons (Fsp3) is 0.333. The molecule has 2 aromatic rings. The average molecular weight is 448 g/mol. The quantitative estimate of drug-likeness (QED) is 0.759. The molecular formula is C21H22ClN3O4S. The van der Waals surface area contributed by atoms with Gasteiger partial charge >= 0.3 is 0 Å². The van der Waals surface area contributed by atoms with Crippen LogP contribution < -0.4 is 10.2 Å². The molecule has 0 bridgehead atoms. The lowest BCUT2D eigenvalue weighted by atomic mass is 10.2. The van der Waals surface area contributed by atoms with Gasteiger partial charge in [0, 0.05) is 43.0 Å². The van der Waals surface area contributed by atoms with Crippen molar-refractivity contribution in [2.75, 3.05) is 29.9 Å². The molecule has 2 aromatic carbocycles. The highest BCUT2D eigenvalue weighted by Crippen LogP contribution is 2.29. The van der Waals surface area contributed by atoms with Gasteiger partial charge in [-0.25, -0.2) is 8.42 Å². The van der Waals surface area contributed by atoms with Gasteiger partial charge in [-0.2, -0.15) is 4.31 Å². The molecule has 2 fully saturated rings. The Morgan fingerprint density at radius 1 is 0.967 bits per heavy atom. The van der Waals surface area contributed by atoms with Crippen molar-refractivity contribution in [2.24, 2.45) is 0 Å². The van der Waals surface area contributed by atoms with Gasteiger partial charge in [0.15, 0.2) is 0 Å². The summed E-state index contributed by atoms with van der Waals surface area (Å²) >= 11 is 6.15. The molecule has 2 heterocycles. The summed E-state index contributed by atoms with van der Waals surface area (Å²) in [5, 5.41) is 2.86. The first-order chi connectivity index (χ1) is 14.4. The number of carbonyl (C=O) groups excluding carboxylic acids is 2. The minimum Gasteiger partial charge on any atom is -0.322 e. The van der Waals surface area contributed by atoms with Crippen molar-refractivity contribution in [1.29, 1.82) is 0 Å². The van der Waals surface area contributed by atoms with Gasteiger partial charge in [-0.3, -0.25) is 9.59 Å². The van der Waals surface area contributed by atoms with Gasteiger partial charge in [0.25, 0.3) is 5.91 Å². The van der Waals surface area contributed by atoms with Gasteiger partial charge in [0.05, 0.1) is 5.02 Å². The van der Waals surface area contributed by atoms with E-state index >= 15 is 0 Å². The highest BCUT2D eigenvalue weighted by atomic mass is 35.5. The molecule has 2 saturated heterocycles. The van der Waals surface area contributed by atoms with E-state index in [9.17, 15) is 18.0 Å². The molecule has 0 aliphatic carbocycles.